The fourth-order valence-corrected chi connectivity index (χ4v) is 5.59. The number of nitrogens with zero attached hydrogens (tertiary/aromatic N) is 3. The third-order valence-electron chi connectivity index (χ3n) is 6.50. The molecule has 0 aliphatic heterocycles. The predicted molar refractivity (Wildman–Crippen MR) is 146 cm³/mol. The van der Waals surface area contributed by atoms with E-state index in [1.807, 2.05) is 0 Å². The van der Waals surface area contributed by atoms with Crippen molar-refractivity contribution in [1.82, 2.24) is 15.0 Å². The van der Waals surface area contributed by atoms with Crippen LogP contribution in [0.5, 0.6) is 0 Å². The minimum absolute atomic E-state index is 0.00410. The Balaban J connectivity index is 1.58. The second-order valence-corrected chi connectivity index (χ2v) is 11.0. The van der Waals surface area contributed by atoms with Crippen LogP contribution in [0.25, 0.3) is 22.6 Å². The zero-order valence-corrected chi connectivity index (χ0v) is 23.0. The molecule has 0 aliphatic carbocycles. The lowest BCUT2D eigenvalue weighted by Gasteiger charge is -2.21. The molecule has 41 heavy (non-hydrogen) atoms. The first kappa shape index (κ1) is 27.7. The quantitative estimate of drug-likeness (QED) is 0.241. The van der Waals surface area contributed by atoms with Crippen LogP contribution in [0.3, 0.4) is 0 Å². The summed E-state index contributed by atoms with van der Waals surface area (Å²) in [6, 6.07) is 14.1. The van der Waals surface area contributed by atoms with Gasteiger partial charge in [-0.05, 0) is 55.3 Å². The highest BCUT2D eigenvalue weighted by Crippen LogP contribution is 2.35. The second-order valence-electron chi connectivity index (χ2n) is 9.35. The number of carbonyl (C=O) groups excluding carboxylic acids is 1. The van der Waals surface area contributed by atoms with Crippen molar-refractivity contribution < 1.29 is 30.9 Å². The van der Waals surface area contributed by atoms with Gasteiger partial charge >= 0.3 is 0 Å². The zero-order chi connectivity index (χ0) is 29.3. The Bertz CT molecular complexity index is 1830. The first-order valence-corrected chi connectivity index (χ1v) is 13.8. The van der Waals surface area contributed by atoms with Crippen LogP contribution >= 0.6 is 0 Å². The first-order valence-electron chi connectivity index (χ1n) is 12.3. The van der Waals surface area contributed by atoms with Gasteiger partial charge in [0.05, 0.1) is 16.8 Å². The fourth-order valence-electron chi connectivity index (χ4n) is 4.32. The van der Waals surface area contributed by atoms with Crippen LogP contribution in [0, 0.1) is 25.5 Å². The maximum atomic E-state index is 13.8. The number of anilines is 1. The Morgan fingerprint density at radius 2 is 1.73 bits per heavy atom. The van der Waals surface area contributed by atoms with Crippen LogP contribution in [0.2, 0.25) is 0 Å². The summed E-state index contributed by atoms with van der Waals surface area (Å²) in [6.07, 6.45) is 2.90. The van der Waals surface area contributed by atoms with Gasteiger partial charge < -0.3 is 13.8 Å². The molecule has 0 radical (unpaired) electrons. The number of oxazole rings is 1. The summed E-state index contributed by atoms with van der Waals surface area (Å²) >= 11 is 0. The average molecular weight is 579 g/mol. The van der Waals surface area contributed by atoms with E-state index in [0.29, 0.717) is 45.5 Å². The molecule has 1 amide bonds. The standard InChI is InChI=1S/C29H24F2N4O5S/c1-17-18(2)33-40-27(17)34-41(37,38)26-7-5-4-6-25(26)24-9-8-19(28-32-10-11-39-28)12-21(24)16-35(3)29(36)20-13-22(30)15-23(31)14-20/h4-15,34H,16H2,1-3H3. The van der Waals surface area contributed by atoms with E-state index in [9.17, 15) is 22.0 Å². The minimum atomic E-state index is -4.15. The molecule has 5 rings (SSSR count). The molecule has 9 nitrogen and oxygen atoms in total. The van der Waals surface area contributed by atoms with Crippen LogP contribution in [0.1, 0.15) is 27.2 Å². The first-order chi connectivity index (χ1) is 19.5. The lowest BCUT2D eigenvalue weighted by Crippen LogP contribution is -2.26. The Hall–Kier alpha value is -4.84. The minimum Gasteiger partial charge on any atom is -0.445 e. The van der Waals surface area contributed by atoms with Crippen molar-refractivity contribution in [1.29, 1.82) is 0 Å². The zero-order valence-electron chi connectivity index (χ0n) is 22.2. The number of halogens is 2. The largest absolute Gasteiger partial charge is 0.445 e. The van der Waals surface area contributed by atoms with Crippen LogP contribution in [0.4, 0.5) is 14.7 Å². The van der Waals surface area contributed by atoms with Crippen molar-refractivity contribution in [2.24, 2.45) is 0 Å². The van der Waals surface area contributed by atoms with Crippen molar-refractivity contribution in [2.75, 3.05) is 11.8 Å². The molecule has 3 aromatic carbocycles. The monoisotopic (exact) mass is 578 g/mol. The molecule has 12 heteroatoms. The lowest BCUT2D eigenvalue weighted by atomic mass is 9.96. The third-order valence-corrected chi connectivity index (χ3v) is 7.89. The van der Waals surface area contributed by atoms with Crippen molar-refractivity contribution in [2.45, 2.75) is 25.3 Å². The molecule has 0 atom stereocenters. The summed E-state index contributed by atoms with van der Waals surface area (Å²) in [5.41, 5.74) is 2.89. The van der Waals surface area contributed by atoms with E-state index in [4.69, 9.17) is 8.94 Å². The number of sulfonamides is 1. The molecule has 0 saturated carbocycles. The number of nitrogens with one attached hydrogen (secondary N) is 1. The normalized spacial score (nSPS) is 11.4. The number of benzene rings is 3. The van der Waals surface area contributed by atoms with Gasteiger partial charge in [-0.2, -0.15) is 0 Å². The molecule has 0 unspecified atom stereocenters. The molecule has 0 fully saturated rings. The van der Waals surface area contributed by atoms with E-state index in [2.05, 4.69) is 14.9 Å². The lowest BCUT2D eigenvalue weighted by molar-refractivity contribution is 0.0784. The van der Waals surface area contributed by atoms with Gasteiger partial charge in [-0.25, -0.2) is 26.9 Å². The number of aromatic nitrogens is 2. The smallest absolute Gasteiger partial charge is 0.264 e. The van der Waals surface area contributed by atoms with Gasteiger partial charge in [0.2, 0.25) is 11.8 Å². The van der Waals surface area contributed by atoms with Gasteiger partial charge in [0, 0.05) is 41.9 Å². The number of hydrogen-bond acceptors (Lipinski definition) is 7. The second kappa shape index (κ2) is 11.0. The summed E-state index contributed by atoms with van der Waals surface area (Å²) in [7, 11) is -2.67. The van der Waals surface area contributed by atoms with Crippen LogP contribution in [0.15, 0.2) is 87.0 Å². The van der Waals surface area contributed by atoms with Crippen LogP contribution < -0.4 is 4.72 Å². The maximum absolute atomic E-state index is 13.8. The molecule has 0 saturated heterocycles. The number of rotatable bonds is 8. The highest BCUT2D eigenvalue weighted by Gasteiger charge is 2.25. The SMILES string of the molecule is Cc1noc(NS(=O)(=O)c2ccccc2-c2ccc(-c3ncco3)cc2CN(C)C(=O)c2cc(F)cc(F)c2)c1C. The summed E-state index contributed by atoms with van der Waals surface area (Å²) in [6.45, 7) is 3.35. The van der Waals surface area contributed by atoms with Gasteiger partial charge in [-0.15, -0.1) is 0 Å². The Morgan fingerprint density at radius 3 is 2.39 bits per heavy atom. The molecule has 0 aliphatic rings. The van der Waals surface area contributed by atoms with Gasteiger partial charge in [0.1, 0.15) is 17.9 Å². The van der Waals surface area contributed by atoms with Crippen molar-refractivity contribution in [3.63, 3.8) is 0 Å². The van der Waals surface area contributed by atoms with E-state index >= 15 is 0 Å². The van der Waals surface area contributed by atoms with Crippen molar-refractivity contribution in [3.8, 4) is 22.6 Å². The van der Waals surface area contributed by atoms with E-state index in [0.717, 1.165) is 12.1 Å². The molecular formula is C29H24F2N4O5S. The third kappa shape index (κ3) is 5.73. The molecule has 5 aromatic rings. The van der Waals surface area contributed by atoms with Gasteiger partial charge in [0.15, 0.2) is 0 Å². The van der Waals surface area contributed by atoms with E-state index < -0.39 is 27.6 Å². The number of aryl methyl sites for hydroxylation is 1. The van der Waals surface area contributed by atoms with Crippen LogP contribution in [-0.2, 0) is 16.6 Å². The van der Waals surface area contributed by atoms with Crippen molar-refractivity contribution >= 4 is 21.8 Å². The molecule has 2 aromatic heterocycles. The summed E-state index contributed by atoms with van der Waals surface area (Å²) in [5.74, 6) is -2.06. The summed E-state index contributed by atoms with van der Waals surface area (Å²) < 4.78 is 67.8. The highest BCUT2D eigenvalue weighted by atomic mass is 32.2. The fraction of sp³-hybridized carbons (Fsp3) is 0.138. The van der Waals surface area contributed by atoms with Gasteiger partial charge in [0.25, 0.3) is 15.9 Å². The number of carbonyl (C=O) groups is 1. The molecule has 0 spiro atoms. The predicted octanol–water partition coefficient (Wildman–Crippen LogP) is 5.96. The van der Waals surface area contributed by atoms with E-state index in [1.54, 1.807) is 50.2 Å². The van der Waals surface area contributed by atoms with Gasteiger partial charge in [-0.1, -0.05) is 29.4 Å². The summed E-state index contributed by atoms with van der Waals surface area (Å²) in [5, 5.41) is 3.81. The molecular weight excluding hydrogens is 554 g/mol. The Kier molecular flexibility index (Phi) is 7.41. The highest BCUT2D eigenvalue weighted by molar-refractivity contribution is 7.92. The van der Waals surface area contributed by atoms with Crippen LogP contribution in [-0.4, -0.2) is 36.4 Å². The van der Waals surface area contributed by atoms with E-state index in [-0.39, 0.29) is 22.9 Å². The number of amides is 1. The average Bonchev–Trinajstić information content (AvgIpc) is 3.58. The number of hydrogen-bond donors (Lipinski definition) is 1. The Morgan fingerprint density at radius 1 is 1.00 bits per heavy atom. The molecule has 210 valence electrons. The molecule has 1 N–H and O–H groups in total. The van der Waals surface area contributed by atoms with Gasteiger partial charge in [-0.3, -0.25) is 4.79 Å². The van der Waals surface area contributed by atoms with Crippen molar-refractivity contribution in [3.05, 3.63) is 107 Å². The maximum Gasteiger partial charge on any atom is 0.264 e. The Labute approximate surface area is 234 Å². The molecule has 2 heterocycles. The summed E-state index contributed by atoms with van der Waals surface area (Å²) in [4.78, 5) is 18.5. The van der Waals surface area contributed by atoms with E-state index in [1.165, 1.54) is 30.5 Å². The molecule has 0 bridgehead atoms. The topological polar surface area (TPSA) is 119 Å².